The number of hydrazone groups is 1. The highest BCUT2D eigenvalue weighted by Gasteiger charge is 2.38. The standard InChI is InChI=1S/C13H16N4O3/c1-3-14-12(19)13(6-5-7-15-13)8-9-10(18)16-17-11(9)20-4-2/h5-8H,3-4H2,1-2H3,(H,14,19)(H,16,18). The van der Waals surface area contributed by atoms with Crippen molar-refractivity contribution in [3.63, 3.8) is 0 Å². The van der Waals surface area contributed by atoms with Crippen molar-refractivity contribution in [2.45, 2.75) is 19.4 Å². The lowest BCUT2D eigenvalue weighted by Gasteiger charge is -2.19. The molecule has 0 spiro atoms. The van der Waals surface area contributed by atoms with Gasteiger partial charge in [0.2, 0.25) is 5.90 Å². The molecule has 0 aromatic carbocycles. The number of hydrogen-bond acceptors (Lipinski definition) is 5. The Bertz CT molecular complexity index is 534. The molecule has 20 heavy (non-hydrogen) atoms. The van der Waals surface area contributed by atoms with Crippen molar-refractivity contribution >= 4 is 23.9 Å². The Morgan fingerprint density at radius 2 is 2.35 bits per heavy atom. The minimum Gasteiger partial charge on any atom is -0.476 e. The van der Waals surface area contributed by atoms with E-state index < -0.39 is 11.4 Å². The number of aliphatic imine (C=N–C) groups is 1. The molecule has 7 heteroatoms. The summed E-state index contributed by atoms with van der Waals surface area (Å²) in [4.78, 5) is 28.1. The first kappa shape index (κ1) is 14.0. The molecule has 0 radical (unpaired) electrons. The van der Waals surface area contributed by atoms with Crippen molar-refractivity contribution in [3.8, 4) is 0 Å². The molecule has 0 aliphatic carbocycles. The average molecular weight is 276 g/mol. The minimum absolute atomic E-state index is 0.177. The van der Waals surface area contributed by atoms with Gasteiger partial charge in [0.15, 0.2) is 5.54 Å². The summed E-state index contributed by atoms with van der Waals surface area (Å²) in [5, 5.41) is 6.49. The second-order valence-electron chi connectivity index (χ2n) is 4.17. The topological polar surface area (TPSA) is 92.2 Å². The Balaban J connectivity index is 2.36. The maximum Gasteiger partial charge on any atom is 0.276 e. The molecular weight excluding hydrogens is 260 g/mol. The highest BCUT2D eigenvalue weighted by molar-refractivity contribution is 6.22. The fourth-order valence-corrected chi connectivity index (χ4v) is 1.90. The van der Waals surface area contributed by atoms with Gasteiger partial charge in [0.1, 0.15) is 5.57 Å². The van der Waals surface area contributed by atoms with Crippen LogP contribution in [-0.4, -0.2) is 42.6 Å². The van der Waals surface area contributed by atoms with Gasteiger partial charge >= 0.3 is 0 Å². The van der Waals surface area contributed by atoms with Gasteiger partial charge < -0.3 is 10.1 Å². The van der Waals surface area contributed by atoms with E-state index in [-0.39, 0.29) is 17.4 Å². The third-order valence-electron chi connectivity index (χ3n) is 2.81. The third-order valence-corrected chi connectivity index (χ3v) is 2.81. The largest absolute Gasteiger partial charge is 0.476 e. The summed E-state index contributed by atoms with van der Waals surface area (Å²) in [6.07, 6.45) is 6.28. The van der Waals surface area contributed by atoms with Crippen molar-refractivity contribution in [2.75, 3.05) is 13.2 Å². The number of ether oxygens (including phenoxy) is 1. The molecule has 0 fully saturated rings. The second-order valence-corrected chi connectivity index (χ2v) is 4.17. The molecule has 0 aromatic heterocycles. The minimum atomic E-state index is -1.22. The van der Waals surface area contributed by atoms with Gasteiger partial charge in [0.05, 0.1) is 6.61 Å². The van der Waals surface area contributed by atoms with Gasteiger partial charge in [0.25, 0.3) is 11.8 Å². The van der Waals surface area contributed by atoms with Gasteiger partial charge in [-0.05, 0) is 32.1 Å². The molecule has 1 unspecified atom stereocenters. The first-order chi connectivity index (χ1) is 9.63. The van der Waals surface area contributed by atoms with Crippen LogP contribution in [0.1, 0.15) is 13.8 Å². The van der Waals surface area contributed by atoms with Crippen LogP contribution in [0.25, 0.3) is 0 Å². The monoisotopic (exact) mass is 276 g/mol. The Hall–Kier alpha value is -2.44. The lowest BCUT2D eigenvalue weighted by atomic mass is 9.96. The van der Waals surface area contributed by atoms with E-state index in [4.69, 9.17) is 4.74 Å². The molecule has 2 rings (SSSR count). The van der Waals surface area contributed by atoms with E-state index in [1.54, 1.807) is 19.1 Å². The first-order valence-corrected chi connectivity index (χ1v) is 6.38. The molecule has 0 saturated heterocycles. The number of carbonyl (C=O) groups excluding carboxylic acids is 2. The Labute approximate surface area is 116 Å². The summed E-state index contributed by atoms with van der Waals surface area (Å²) in [6.45, 7) is 4.46. The van der Waals surface area contributed by atoms with Crippen LogP contribution < -0.4 is 10.7 Å². The number of carbonyl (C=O) groups is 2. The summed E-state index contributed by atoms with van der Waals surface area (Å²) in [5.41, 5.74) is 1.31. The van der Waals surface area contributed by atoms with E-state index in [9.17, 15) is 9.59 Å². The first-order valence-electron chi connectivity index (χ1n) is 6.38. The molecule has 2 heterocycles. The third kappa shape index (κ3) is 2.47. The molecular formula is C13H16N4O3. The van der Waals surface area contributed by atoms with Crippen LogP contribution in [0.5, 0.6) is 0 Å². The van der Waals surface area contributed by atoms with Gasteiger partial charge in [-0.15, -0.1) is 5.10 Å². The average Bonchev–Trinajstić information content (AvgIpc) is 3.02. The van der Waals surface area contributed by atoms with Gasteiger partial charge in [-0.3, -0.25) is 14.6 Å². The normalized spacial score (nSPS) is 25.8. The fraction of sp³-hybridized carbons (Fsp3) is 0.385. The number of rotatable bonds is 4. The lowest BCUT2D eigenvalue weighted by molar-refractivity contribution is -0.123. The summed E-state index contributed by atoms with van der Waals surface area (Å²) in [6, 6.07) is 0. The summed E-state index contributed by atoms with van der Waals surface area (Å²) >= 11 is 0. The summed E-state index contributed by atoms with van der Waals surface area (Å²) < 4.78 is 5.27. The molecule has 7 nitrogen and oxygen atoms in total. The molecule has 2 aliphatic heterocycles. The van der Waals surface area contributed by atoms with Gasteiger partial charge in [-0.2, -0.15) is 0 Å². The van der Waals surface area contributed by atoms with E-state index in [0.29, 0.717) is 13.2 Å². The van der Waals surface area contributed by atoms with Crippen LogP contribution in [0.4, 0.5) is 0 Å². The highest BCUT2D eigenvalue weighted by Crippen LogP contribution is 2.23. The maximum atomic E-state index is 12.2. The van der Waals surface area contributed by atoms with Crippen molar-refractivity contribution in [3.05, 3.63) is 23.8 Å². The van der Waals surface area contributed by atoms with Crippen LogP contribution in [0.2, 0.25) is 0 Å². The van der Waals surface area contributed by atoms with Crippen LogP contribution in [0, 0.1) is 0 Å². The zero-order chi connectivity index (χ0) is 14.6. The quantitative estimate of drug-likeness (QED) is 0.703. The molecule has 2 amide bonds. The molecule has 0 bridgehead atoms. The van der Waals surface area contributed by atoms with Crippen LogP contribution in [-0.2, 0) is 14.3 Å². The lowest BCUT2D eigenvalue weighted by Crippen LogP contribution is -2.42. The van der Waals surface area contributed by atoms with Crippen LogP contribution in [0.3, 0.4) is 0 Å². The predicted molar refractivity (Wildman–Crippen MR) is 74.3 cm³/mol. The number of nitrogens with one attached hydrogen (secondary N) is 2. The number of likely N-dealkylation sites (N-methyl/N-ethyl adjacent to an activating group) is 1. The van der Waals surface area contributed by atoms with E-state index in [2.05, 4.69) is 20.8 Å². The van der Waals surface area contributed by atoms with Crippen molar-refractivity contribution < 1.29 is 14.3 Å². The molecule has 0 saturated carbocycles. The highest BCUT2D eigenvalue weighted by atomic mass is 16.5. The maximum absolute atomic E-state index is 12.2. The molecule has 2 aliphatic rings. The van der Waals surface area contributed by atoms with Gasteiger partial charge in [-0.25, -0.2) is 5.43 Å². The Morgan fingerprint density at radius 3 is 2.95 bits per heavy atom. The summed E-state index contributed by atoms with van der Waals surface area (Å²) in [5.74, 6) is -0.530. The van der Waals surface area contributed by atoms with Gasteiger partial charge in [0, 0.05) is 12.8 Å². The van der Waals surface area contributed by atoms with Crippen molar-refractivity contribution in [1.29, 1.82) is 0 Å². The zero-order valence-electron chi connectivity index (χ0n) is 11.3. The second kappa shape index (κ2) is 5.68. The zero-order valence-corrected chi connectivity index (χ0v) is 11.3. The molecule has 2 N–H and O–H groups in total. The number of nitrogens with zero attached hydrogens (tertiary/aromatic N) is 2. The fourth-order valence-electron chi connectivity index (χ4n) is 1.90. The smallest absolute Gasteiger partial charge is 0.276 e. The Morgan fingerprint density at radius 1 is 1.55 bits per heavy atom. The number of allylic oxidation sites excluding steroid dienone is 1. The van der Waals surface area contributed by atoms with E-state index in [1.807, 2.05) is 6.92 Å². The summed E-state index contributed by atoms with van der Waals surface area (Å²) in [7, 11) is 0. The van der Waals surface area contributed by atoms with E-state index >= 15 is 0 Å². The van der Waals surface area contributed by atoms with Crippen molar-refractivity contribution in [2.24, 2.45) is 10.1 Å². The SMILES string of the molecule is CCNC(=O)C1(C=C2C(=O)NN=C2OCC)C=CC=N1. The predicted octanol–water partition coefficient (Wildman–Crippen LogP) is -0.0919. The number of amides is 2. The molecule has 0 aromatic rings. The Kier molecular flexibility index (Phi) is 3.97. The number of hydrogen-bond donors (Lipinski definition) is 2. The van der Waals surface area contributed by atoms with Crippen molar-refractivity contribution in [1.82, 2.24) is 10.7 Å². The van der Waals surface area contributed by atoms with Gasteiger partial charge in [-0.1, -0.05) is 0 Å². The van der Waals surface area contributed by atoms with E-state index in [0.717, 1.165) is 0 Å². The molecule has 1 atom stereocenters. The van der Waals surface area contributed by atoms with Crippen LogP contribution in [0.15, 0.2) is 33.9 Å². The van der Waals surface area contributed by atoms with E-state index in [1.165, 1.54) is 12.3 Å². The van der Waals surface area contributed by atoms with Crippen LogP contribution >= 0.6 is 0 Å². The molecule has 106 valence electrons.